The van der Waals surface area contributed by atoms with Crippen LogP contribution < -0.4 is 0 Å². The van der Waals surface area contributed by atoms with E-state index < -0.39 is 5.92 Å². The number of halogens is 1. The topological polar surface area (TPSA) is 40.6 Å². The molecular formula is C33H33FN2O2S. The fourth-order valence-electron chi connectivity index (χ4n) is 5.47. The van der Waals surface area contributed by atoms with Crippen molar-refractivity contribution in [3.8, 4) is 0 Å². The Morgan fingerprint density at radius 1 is 0.923 bits per heavy atom. The minimum Gasteiger partial charge on any atom is -0.332 e. The molecule has 4 nitrogen and oxygen atoms in total. The van der Waals surface area contributed by atoms with Gasteiger partial charge in [0.1, 0.15) is 5.82 Å². The van der Waals surface area contributed by atoms with Gasteiger partial charge in [0.25, 0.3) is 0 Å². The highest BCUT2D eigenvalue weighted by molar-refractivity contribution is 7.10. The molecule has 1 aliphatic heterocycles. The maximum atomic E-state index is 14.3. The second-order valence-electron chi connectivity index (χ2n) is 10.5. The Labute approximate surface area is 233 Å². The van der Waals surface area contributed by atoms with Crippen LogP contribution in [0.4, 0.5) is 4.39 Å². The summed E-state index contributed by atoms with van der Waals surface area (Å²) in [5.41, 5.74) is 3.76. The molecule has 4 aromatic rings. The number of thiophene rings is 1. The lowest BCUT2D eigenvalue weighted by Gasteiger charge is -2.38. The smallest absolute Gasteiger partial charge is 0.242 e. The van der Waals surface area contributed by atoms with E-state index in [2.05, 4.69) is 19.9 Å². The third-order valence-electron chi connectivity index (χ3n) is 7.21. The van der Waals surface area contributed by atoms with Gasteiger partial charge in [-0.2, -0.15) is 0 Å². The SMILES string of the molecule is CC(C)CN(CC(=O)N1CCc2sccc2C1c1ccc(F)cc1)C(=O)C(c1ccccc1)c1ccccc1. The van der Waals surface area contributed by atoms with Gasteiger partial charge in [-0.25, -0.2) is 4.39 Å². The summed E-state index contributed by atoms with van der Waals surface area (Å²) in [5.74, 6) is -0.807. The van der Waals surface area contributed by atoms with Gasteiger partial charge in [-0.3, -0.25) is 9.59 Å². The molecule has 5 rings (SSSR count). The van der Waals surface area contributed by atoms with Crippen molar-refractivity contribution < 1.29 is 14.0 Å². The number of amides is 2. The van der Waals surface area contributed by atoms with Crippen molar-refractivity contribution in [2.75, 3.05) is 19.6 Å². The van der Waals surface area contributed by atoms with Gasteiger partial charge in [0.15, 0.2) is 0 Å². The average Bonchev–Trinajstić information content (AvgIpc) is 3.43. The van der Waals surface area contributed by atoms with Crippen molar-refractivity contribution in [2.45, 2.75) is 32.2 Å². The van der Waals surface area contributed by atoms with Crippen LogP contribution in [0.2, 0.25) is 0 Å². The van der Waals surface area contributed by atoms with Crippen molar-refractivity contribution in [1.29, 1.82) is 0 Å². The van der Waals surface area contributed by atoms with Crippen LogP contribution >= 0.6 is 11.3 Å². The summed E-state index contributed by atoms with van der Waals surface area (Å²) in [6, 6.07) is 27.7. The lowest BCUT2D eigenvalue weighted by atomic mass is 9.89. The molecule has 3 aromatic carbocycles. The van der Waals surface area contributed by atoms with Crippen molar-refractivity contribution in [2.24, 2.45) is 5.92 Å². The summed E-state index contributed by atoms with van der Waals surface area (Å²) in [6.07, 6.45) is 0.769. The molecule has 0 saturated heterocycles. The molecule has 0 saturated carbocycles. The Morgan fingerprint density at radius 2 is 1.54 bits per heavy atom. The number of hydrogen-bond acceptors (Lipinski definition) is 3. The molecule has 0 radical (unpaired) electrons. The number of carbonyl (C=O) groups is 2. The van der Waals surface area contributed by atoms with Crippen LogP contribution in [-0.4, -0.2) is 41.2 Å². The van der Waals surface area contributed by atoms with Gasteiger partial charge < -0.3 is 9.80 Å². The standard InChI is InChI=1S/C33H33FN2O2S/c1-23(2)21-35(33(38)31(24-9-5-3-6-10-24)25-11-7-4-8-12-25)22-30(37)36-19-17-29-28(18-20-39-29)32(36)26-13-15-27(34)16-14-26/h3-16,18,20,23,31-32H,17,19,21-22H2,1-2H3. The zero-order chi connectivity index (χ0) is 27.4. The van der Waals surface area contributed by atoms with Crippen molar-refractivity contribution in [3.63, 3.8) is 0 Å². The van der Waals surface area contributed by atoms with E-state index in [1.807, 2.05) is 70.9 Å². The first-order valence-corrected chi connectivity index (χ1v) is 14.3. The van der Waals surface area contributed by atoms with E-state index in [0.717, 1.165) is 28.7 Å². The summed E-state index contributed by atoms with van der Waals surface area (Å²) >= 11 is 1.69. The Bertz CT molecular complexity index is 1360. The van der Waals surface area contributed by atoms with E-state index in [9.17, 15) is 14.0 Å². The molecule has 2 amide bonds. The number of carbonyl (C=O) groups excluding carboxylic acids is 2. The van der Waals surface area contributed by atoms with Crippen molar-refractivity contribution in [1.82, 2.24) is 9.80 Å². The van der Waals surface area contributed by atoms with Crippen LogP contribution in [0.25, 0.3) is 0 Å². The molecule has 1 aromatic heterocycles. The first-order valence-electron chi connectivity index (χ1n) is 13.4. The predicted octanol–water partition coefficient (Wildman–Crippen LogP) is 6.68. The van der Waals surface area contributed by atoms with Gasteiger partial charge in [0.2, 0.25) is 11.8 Å². The van der Waals surface area contributed by atoms with Crippen LogP contribution in [0, 0.1) is 11.7 Å². The Balaban J connectivity index is 1.47. The number of fused-ring (bicyclic) bond motifs is 1. The molecule has 1 unspecified atom stereocenters. The monoisotopic (exact) mass is 540 g/mol. The van der Waals surface area contributed by atoms with Gasteiger partial charge >= 0.3 is 0 Å². The molecule has 0 bridgehead atoms. The van der Waals surface area contributed by atoms with Crippen LogP contribution in [0.15, 0.2) is 96.4 Å². The molecule has 0 aliphatic carbocycles. The van der Waals surface area contributed by atoms with Crippen molar-refractivity contribution in [3.05, 3.63) is 129 Å². The average molecular weight is 541 g/mol. The van der Waals surface area contributed by atoms with Crippen LogP contribution in [-0.2, 0) is 16.0 Å². The largest absolute Gasteiger partial charge is 0.332 e. The molecule has 0 fully saturated rings. The number of hydrogen-bond donors (Lipinski definition) is 0. The van der Waals surface area contributed by atoms with Crippen LogP contribution in [0.3, 0.4) is 0 Å². The van der Waals surface area contributed by atoms with E-state index >= 15 is 0 Å². The van der Waals surface area contributed by atoms with Gasteiger partial charge in [-0.05, 0) is 58.2 Å². The van der Waals surface area contributed by atoms with E-state index in [0.29, 0.717) is 13.1 Å². The maximum Gasteiger partial charge on any atom is 0.242 e. The maximum absolute atomic E-state index is 14.3. The number of rotatable bonds is 8. The highest BCUT2D eigenvalue weighted by Crippen LogP contribution is 2.38. The van der Waals surface area contributed by atoms with E-state index in [1.54, 1.807) is 28.4 Å². The quantitative estimate of drug-likeness (QED) is 0.250. The Hall–Kier alpha value is -3.77. The minimum atomic E-state index is -0.503. The van der Waals surface area contributed by atoms with Crippen molar-refractivity contribution >= 4 is 23.2 Å². The molecule has 39 heavy (non-hydrogen) atoms. The number of benzene rings is 3. The fourth-order valence-corrected chi connectivity index (χ4v) is 6.37. The summed E-state index contributed by atoms with van der Waals surface area (Å²) in [7, 11) is 0. The van der Waals surface area contributed by atoms with Crippen LogP contribution in [0.5, 0.6) is 0 Å². The first-order chi connectivity index (χ1) is 18.9. The molecule has 0 spiro atoms. The lowest BCUT2D eigenvalue weighted by Crippen LogP contribution is -2.48. The normalized spacial score (nSPS) is 14.9. The zero-order valence-corrected chi connectivity index (χ0v) is 23.1. The summed E-state index contributed by atoms with van der Waals surface area (Å²) in [4.78, 5) is 33.1. The molecule has 1 atom stereocenters. The Kier molecular flexibility index (Phi) is 8.22. The van der Waals surface area contributed by atoms with E-state index in [4.69, 9.17) is 0 Å². The van der Waals surface area contributed by atoms with Gasteiger partial charge in [0.05, 0.1) is 18.5 Å². The lowest BCUT2D eigenvalue weighted by molar-refractivity contribution is -0.142. The molecule has 6 heteroatoms. The molecule has 0 N–H and O–H groups in total. The number of nitrogens with zero attached hydrogens (tertiary/aromatic N) is 2. The highest BCUT2D eigenvalue weighted by atomic mass is 32.1. The first kappa shape index (κ1) is 26.8. The van der Waals surface area contributed by atoms with Gasteiger partial charge in [-0.1, -0.05) is 86.6 Å². The van der Waals surface area contributed by atoms with Gasteiger partial charge in [0, 0.05) is 18.0 Å². The highest BCUT2D eigenvalue weighted by Gasteiger charge is 2.35. The summed E-state index contributed by atoms with van der Waals surface area (Å²) in [6.45, 7) is 5.14. The van der Waals surface area contributed by atoms with E-state index in [1.165, 1.54) is 17.0 Å². The van der Waals surface area contributed by atoms with E-state index in [-0.39, 0.29) is 36.1 Å². The summed E-state index contributed by atoms with van der Waals surface area (Å²) < 4.78 is 13.8. The second-order valence-corrected chi connectivity index (χ2v) is 11.5. The third-order valence-corrected chi connectivity index (χ3v) is 8.20. The molecule has 200 valence electrons. The molecule has 1 aliphatic rings. The Morgan fingerprint density at radius 3 is 2.13 bits per heavy atom. The minimum absolute atomic E-state index is 0.00958. The fraction of sp³-hybridized carbons (Fsp3) is 0.273. The molecular weight excluding hydrogens is 507 g/mol. The third kappa shape index (κ3) is 5.96. The van der Waals surface area contributed by atoms with Gasteiger partial charge in [-0.15, -0.1) is 11.3 Å². The predicted molar refractivity (Wildman–Crippen MR) is 154 cm³/mol. The van der Waals surface area contributed by atoms with Crippen LogP contribution in [0.1, 0.15) is 52.9 Å². The molecule has 2 heterocycles. The zero-order valence-electron chi connectivity index (χ0n) is 22.3. The second kappa shape index (κ2) is 12.0. The summed E-state index contributed by atoms with van der Waals surface area (Å²) in [5, 5.41) is 2.05.